The van der Waals surface area contributed by atoms with Crippen LogP contribution < -0.4 is 10.9 Å². The van der Waals surface area contributed by atoms with Crippen molar-refractivity contribution in [1.29, 1.82) is 0 Å². The van der Waals surface area contributed by atoms with Gasteiger partial charge in [-0.1, -0.05) is 23.7 Å². The Labute approximate surface area is 192 Å². The number of fused-ring (bicyclic) bond motifs is 3. The van der Waals surface area contributed by atoms with Gasteiger partial charge in [-0.2, -0.15) is 0 Å². The van der Waals surface area contributed by atoms with Crippen LogP contribution in [0.4, 0.5) is 4.39 Å². The summed E-state index contributed by atoms with van der Waals surface area (Å²) in [7, 11) is 0. The number of carbonyl (C=O) groups is 1. The van der Waals surface area contributed by atoms with Gasteiger partial charge in [-0.3, -0.25) is 14.0 Å². The number of rotatable bonds is 4. The first kappa shape index (κ1) is 20.8. The highest BCUT2D eigenvalue weighted by Crippen LogP contribution is 2.19. The minimum Gasteiger partial charge on any atom is -0.348 e. The number of nitrogens with one attached hydrogen (secondary N) is 1. The number of benzene rings is 3. The van der Waals surface area contributed by atoms with E-state index in [1.54, 1.807) is 41.7 Å². The molecule has 0 bridgehead atoms. The summed E-state index contributed by atoms with van der Waals surface area (Å²) in [5.74, 6) is 0.129. The third-order valence-electron chi connectivity index (χ3n) is 5.39. The van der Waals surface area contributed by atoms with Gasteiger partial charge < -0.3 is 5.32 Å². The van der Waals surface area contributed by atoms with Gasteiger partial charge in [-0.05, 0) is 67.1 Å². The SMILES string of the molecule is Cc1nnc2n(-c3ccc(F)cc3)c(=O)c3ccc(C(=O)NCc4ccc(Cl)cc4)cc3n12. The number of aromatic nitrogens is 4. The predicted molar refractivity (Wildman–Crippen MR) is 123 cm³/mol. The van der Waals surface area contributed by atoms with Crippen LogP contribution in [-0.2, 0) is 6.54 Å². The van der Waals surface area contributed by atoms with E-state index in [2.05, 4.69) is 15.5 Å². The van der Waals surface area contributed by atoms with Crippen LogP contribution in [0.25, 0.3) is 22.4 Å². The maximum Gasteiger partial charge on any atom is 0.267 e. The van der Waals surface area contributed by atoms with Gasteiger partial charge in [-0.25, -0.2) is 8.96 Å². The van der Waals surface area contributed by atoms with Gasteiger partial charge in [0, 0.05) is 17.1 Å². The zero-order valence-electron chi connectivity index (χ0n) is 17.4. The maximum absolute atomic E-state index is 13.4. The van der Waals surface area contributed by atoms with Crippen molar-refractivity contribution >= 4 is 34.2 Å². The molecule has 5 rings (SSSR count). The van der Waals surface area contributed by atoms with E-state index in [9.17, 15) is 14.0 Å². The molecule has 9 heteroatoms. The monoisotopic (exact) mass is 461 g/mol. The summed E-state index contributed by atoms with van der Waals surface area (Å²) in [6.07, 6.45) is 0. The van der Waals surface area contributed by atoms with Crippen molar-refractivity contribution in [3.8, 4) is 5.69 Å². The van der Waals surface area contributed by atoms with E-state index >= 15 is 0 Å². The fraction of sp³-hybridized carbons (Fsp3) is 0.0833. The number of carbonyl (C=O) groups excluding carboxylic acids is 1. The molecule has 0 aliphatic carbocycles. The summed E-state index contributed by atoms with van der Waals surface area (Å²) in [6.45, 7) is 2.09. The zero-order valence-corrected chi connectivity index (χ0v) is 18.2. The molecule has 1 N–H and O–H groups in total. The largest absolute Gasteiger partial charge is 0.348 e. The third-order valence-corrected chi connectivity index (χ3v) is 5.65. The summed E-state index contributed by atoms with van der Waals surface area (Å²) in [4.78, 5) is 26.1. The highest BCUT2D eigenvalue weighted by molar-refractivity contribution is 6.30. The Kier molecular flexibility index (Phi) is 5.14. The molecule has 0 radical (unpaired) electrons. The highest BCUT2D eigenvalue weighted by atomic mass is 35.5. The number of amides is 1. The normalized spacial score (nSPS) is 11.2. The summed E-state index contributed by atoms with van der Waals surface area (Å²) in [5, 5.41) is 12.1. The minimum atomic E-state index is -0.407. The molecule has 7 nitrogen and oxygen atoms in total. The molecule has 0 atom stereocenters. The van der Waals surface area contributed by atoms with Crippen LogP contribution in [0.1, 0.15) is 21.7 Å². The third kappa shape index (κ3) is 3.74. The van der Waals surface area contributed by atoms with Gasteiger partial charge in [0.15, 0.2) is 0 Å². The van der Waals surface area contributed by atoms with Gasteiger partial charge in [0.05, 0.1) is 16.6 Å². The van der Waals surface area contributed by atoms with E-state index < -0.39 is 5.82 Å². The first-order chi connectivity index (χ1) is 15.9. The maximum atomic E-state index is 13.4. The van der Waals surface area contributed by atoms with E-state index in [1.807, 2.05) is 12.1 Å². The topological polar surface area (TPSA) is 81.3 Å². The molecule has 0 spiro atoms. The summed E-state index contributed by atoms with van der Waals surface area (Å²) in [5.41, 5.74) is 1.93. The number of aryl methyl sites for hydroxylation is 1. The van der Waals surface area contributed by atoms with Crippen LogP contribution in [0.5, 0.6) is 0 Å². The molecule has 0 fully saturated rings. The second-order valence-electron chi connectivity index (χ2n) is 7.54. The number of hydrogen-bond acceptors (Lipinski definition) is 4. The van der Waals surface area contributed by atoms with E-state index in [-0.39, 0.29) is 17.2 Å². The van der Waals surface area contributed by atoms with E-state index in [1.165, 1.54) is 28.8 Å². The van der Waals surface area contributed by atoms with Crippen LogP contribution in [0.2, 0.25) is 5.02 Å². The smallest absolute Gasteiger partial charge is 0.267 e. The molecule has 1 amide bonds. The Morgan fingerprint density at radius 1 is 1.03 bits per heavy atom. The molecular weight excluding hydrogens is 445 g/mol. The molecule has 0 saturated carbocycles. The number of hydrogen-bond donors (Lipinski definition) is 1. The predicted octanol–water partition coefficient (Wildman–Crippen LogP) is 4.06. The number of halogens is 2. The van der Waals surface area contributed by atoms with Gasteiger partial charge in [0.2, 0.25) is 5.78 Å². The average molecular weight is 462 g/mol. The molecule has 33 heavy (non-hydrogen) atoms. The molecule has 164 valence electrons. The standard InChI is InChI=1S/C24H17ClFN5O2/c1-14-28-29-24-30(14)21-12-16(22(32)27-13-15-2-5-17(25)6-3-15)4-11-20(21)23(33)31(24)19-9-7-18(26)8-10-19/h2-12H,13H2,1H3,(H,27,32). The summed E-state index contributed by atoms with van der Waals surface area (Å²) >= 11 is 5.90. The lowest BCUT2D eigenvalue weighted by Crippen LogP contribution is -2.24. The molecule has 2 aromatic heterocycles. The molecule has 0 unspecified atom stereocenters. The molecule has 2 heterocycles. The summed E-state index contributed by atoms with van der Waals surface area (Å²) < 4.78 is 16.5. The van der Waals surface area contributed by atoms with Gasteiger partial charge in [0.25, 0.3) is 11.5 Å². The van der Waals surface area contributed by atoms with E-state index in [0.717, 1.165) is 5.56 Å². The van der Waals surface area contributed by atoms with Gasteiger partial charge in [-0.15, -0.1) is 10.2 Å². The van der Waals surface area contributed by atoms with Crippen molar-refractivity contribution in [2.24, 2.45) is 0 Å². The first-order valence-electron chi connectivity index (χ1n) is 10.1. The van der Waals surface area contributed by atoms with E-state index in [0.29, 0.717) is 39.5 Å². The van der Waals surface area contributed by atoms with Crippen molar-refractivity contribution in [1.82, 2.24) is 24.5 Å². The van der Waals surface area contributed by atoms with Crippen LogP contribution in [-0.4, -0.2) is 25.1 Å². The second kappa shape index (κ2) is 8.14. The van der Waals surface area contributed by atoms with Crippen molar-refractivity contribution in [2.75, 3.05) is 0 Å². The molecule has 3 aromatic carbocycles. The van der Waals surface area contributed by atoms with Crippen molar-refractivity contribution in [3.05, 3.63) is 105 Å². The Balaban J connectivity index is 1.59. The van der Waals surface area contributed by atoms with Crippen molar-refractivity contribution in [3.63, 3.8) is 0 Å². The zero-order chi connectivity index (χ0) is 23.1. The van der Waals surface area contributed by atoms with Crippen LogP contribution in [0, 0.1) is 12.7 Å². The lowest BCUT2D eigenvalue weighted by Gasteiger charge is -2.12. The molecule has 5 aromatic rings. The lowest BCUT2D eigenvalue weighted by molar-refractivity contribution is 0.0951. The molecule has 0 aliphatic rings. The Morgan fingerprint density at radius 2 is 1.76 bits per heavy atom. The number of nitrogens with zero attached hydrogens (tertiary/aromatic N) is 4. The first-order valence-corrected chi connectivity index (χ1v) is 10.5. The van der Waals surface area contributed by atoms with E-state index in [4.69, 9.17) is 11.6 Å². The average Bonchev–Trinajstić information content (AvgIpc) is 3.20. The summed E-state index contributed by atoms with van der Waals surface area (Å²) in [6, 6.07) is 17.6. The fourth-order valence-electron chi connectivity index (χ4n) is 3.74. The lowest BCUT2D eigenvalue weighted by atomic mass is 10.1. The van der Waals surface area contributed by atoms with Crippen LogP contribution in [0.15, 0.2) is 71.5 Å². The quantitative estimate of drug-likeness (QED) is 0.437. The minimum absolute atomic E-state index is 0.273. The highest BCUT2D eigenvalue weighted by Gasteiger charge is 2.18. The van der Waals surface area contributed by atoms with Crippen molar-refractivity contribution in [2.45, 2.75) is 13.5 Å². The van der Waals surface area contributed by atoms with Gasteiger partial charge in [0.1, 0.15) is 11.6 Å². The van der Waals surface area contributed by atoms with Crippen molar-refractivity contribution < 1.29 is 9.18 Å². The molecular formula is C24H17ClFN5O2. The second-order valence-corrected chi connectivity index (χ2v) is 7.98. The van der Waals surface area contributed by atoms with Crippen LogP contribution in [0.3, 0.4) is 0 Å². The fourth-order valence-corrected chi connectivity index (χ4v) is 3.86. The molecule has 0 saturated heterocycles. The van der Waals surface area contributed by atoms with Crippen LogP contribution >= 0.6 is 11.6 Å². The Morgan fingerprint density at radius 3 is 2.48 bits per heavy atom. The molecule has 0 aliphatic heterocycles. The van der Waals surface area contributed by atoms with Gasteiger partial charge >= 0.3 is 0 Å². The Hall–Kier alpha value is -4.04. The Bertz CT molecular complexity index is 1570.